The van der Waals surface area contributed by atoms with Gasteiger partial charge in [0.15, 0.2) is 0 Å². The Hall–Kier alpha value is -0.770. The fourth-order valence-electron chi connectivity index (χ4n) is 2.36. The lowest BCUT2D eigenvalue weighted by Gasteiger charge is -2.29. The first-order valence-corrected chi connectivity index (χ1v) is 6.82. The molecule has 0 saturated carbocycles. The monoisotopic (exact) mass is 268 g/mol. The van der Waals surface area contributed by atoms with Crippen LogP contribution < -0.4 is 10.1 Å². The van der Waals surface area contributed by atoms with Crippen molar-refractivity contribution in [1.82, 2.24) is 10.2 Å². The zero-order chi connectivity index (χ0) is 13.0. The molecule has 100 valence electrons. The topological polar surface area (TPSA) is 24.5 Å². The second-order valence-electron chi connectivity index (χ2n) is 4.88. The summed E-state index contributed by atoms with van der Waals surface area (Å²) in [5.41, 5.74) is 1.06. The summed E-state index contributed by atoms with van der Waals surface area (Å²) < 4.78 is 5.35. The van der Waals surface area contributed by atoms with E-state index < -0.39 is 0 Å². The zero-order valence-corrected chi connectivity index (χ0v) is 11.8. The highest BCUT2D eigenvalue weighted by Gasteiger charge is 2.17. The molecule has 0 aromatic heterocycles. The Morgan fingerprint density at radius 2 is 2.11 bits per heavy atom. The van der Waals surface area contributed by atoms with E-state index in [0.29, 0.717) is 6.04 Å². The number of hydrogen-bond acceptors (Lipinski definition) is 3. The number of benzene rings is 1. The number of hydrogen-bond donors (Lipinski definition) is 1. The predicted molar refractivity (Wildman–Crippen MR) is 75.4 cm³/mol. The van der Waals surface area contributed by atoms with Crippen molar-refractivity contribution < 1.29 is 4.74 Å². The molecule has 1 saturated heterocycles. The van der Waals surface area contributed by atoms with Crippen LogP contribution in [0, 0.1) is 0 Å². The molecule has 2 rings (SSSR count). The number of halogens is 1. The summed E-state index contributed by atoms with van der Waals surface area (Å²) in [6.45, 7) is 3.10. The molecule has 0 radical (unpaired) electrons. The van der Waals surface area contributed by atoms with Gasteiger partial charge in [0.05, 0.1) is 7.11 Å². The molecule has 3 nitrogen and oxygen atoms in total. The fourth-order valence-corrected chi connectivity index (χ4v) is 2.59. The summed E-state index contributed by atoms with van der Waals surface area (Å²) in [6, 6.07) is 6.37. The van der Waals surface area contributed by atoms with Crippen molar-refractivity contribution in [1.29, 1.82) is 0 Å². The highest BCUT2D eigenvalue weighted by molar-refractivity contribution is 6.31. The highest BCUT2D eigenvalue weighted by Crippen LogP contribution is 2.26. The van der Waals surface area contributed by atoms with Crippen LogP contribution in [0.15, 0.2) is 18.2 Å². The maximum absolute atomic E-state index is 6.22. The van der Waals surface area contributed by atoms with Crippen LogP contribution in [0.4, 0.5) is 0 Å². The van der Waals surface area contributed by atoms with Crippen molar-refractivity contribution in [3.63, 3.8) is 0 Å². The van der Waals surface area contributed by atoms with E-state index in [1.165, 1.54) is 12.8 Å². The van der Waals surface area contributed by atoms with Gasteiger partial charge < -0.3 is 15.0 Å². The molecular weight excluding hydrogens is 248 g/mol. The van der Waals surface area contributed by atoms with Crippen LogP contribution in [0.2, 0.25) is 5.02 Å². The van der Waals surface area contributed by atoms with Crippen LogP contribution in [-0.2, 0) is 6.54 Å². The Balaban J connectivity index is 1.93. The molecule has 0 aliphatic carbocycles. The quantitative estimate of drug-likeness (QED) is 0.908. The Morgan fingerprint density at radius 3 is 2.78 bits per heavy atom. The minimum Gasteiger partial charge on any atom is -0.496 e. The molecule has 4 heteroatoms. The van der Waals surface area contributed by atoms with Crippen LogP contribution in [0.5, 0.6) is 5.75 Å². The molecule has 0 bridgehead atoms. The van der Waals surface area contributed by atoms with Crippen molar-refractivity contribution >= 4 is 11.6 Å². The molecule has 1 aliphatic rings. The molecule has 1 fully saturated rings. The molecule has 0 spiro atoms. The van der Waals surface area contributed by atoms with E-state index in [9.17, 15) is 0 Å². The van der Waals surface area contributed by atoms with Gasteiger partial charge in [-0.25, -0.2) is 0 Å². The van der Waals surface area contributed by atoms with Crippen LogP contribution in [0.3, 0.4) is 0 Å². The van der Waals surface area contributed by atoms with E-state index in [1.807, 2.05) is 18.2 Å². The zero-order valence-electron chi connectivity index (χ0n) is 11.1. The van der Waals surface area contributed by atoms with Crippen molar-refractivity contribution in [2.75, 3.05) is 27.2 Å². The molecule has 18 heavy (non-hydrogen) atoms. The lowest BCUT2D eigenvalue weighted by molar-refractivity contribution is 0.233. The standard InChI is InChI=1S/C14H21ClN2O/c1-17-8-6-11(7-9-17)16-10-12-13(15)4-3-5-14(12)18-2/h3-5,11,16H,6-10H2,1-2H3. The molecule has 0 atom stereocenters. The average molecular weight is 269 g/mol. The molecule has 1 N–H and O–H groups in total. The normalized spacial score (nSPS) is 17.9. The van der Waals surface area contributed by atoms with Gasteiger partial charge in [0.2, 0.25) is 0 Å². The summed E-state index contributed by atoms with van der Waals surface area (Å²) >= 11 is 6.22. The molecule has 0 amide bonds. The summed E-state index contributed by atoms with van der Waals surface area (Å²) in [7, 11) is 3.86. The Labute approximate surface area is 114 Å². The van der Waals surface area contributed by atoms with Gasteiger partial charge in [-0.3, -0.25) is 0 Å². The summed E-state index contributed by atoms with van der Waals surface area (Å²) in [4.78, 5) is 2.37. The second-order valence-corrected chi connectivity index (χ2v) is 5.29. The number of ether oxygens (including phenoxy) is 1. The van der Waals surface area contributed by atoms with Crippen LogP contribution in [0.25, 0.3) is 0 Å². The third kappa shape index (κ3) is 3.37. The van der Waals surface area contributed by atoms with Gasteiger partial charge in [-0.1, -0.05) is 17.7 Å². The van der Waals surface area contributed by atoms with E-state index in [0.717, 1.165) is 36.0 Å². The number of nitrogens with zero attached hydrogens (tertiary/aromatic N) is 1. The number of likely N-dealkylation sites (tertiary alicyclic amines) is 1. The largest absolute Gasteiger partial charge is 0.496 e. The van der Waals surface area contributed by atoms with Gasteiger partial charge in [0, 0.05) is 23.2 Å². The van der Waals surface area contributed by atoms with Gasteiger partial charge in [0.25, 0.3) is 0 Å². The first-order chi connectivity index (χ1) is 8.70. The first-order valence-electron chi connectivity index (χ1n) is 6.44. The molecule has 1 aromatic rings. The molecule has 1 aliphatic heterocycles. The molecule has 1 aromatic carbocycles. The van der Waals surface area contributed by atoms with Gasteiger partial charge in [-0.05, 0) is 45.1 Å². The van der Waals surface area contributed by atoms with Crippen molar-refractivity contribution in [3.05, 3.63) is 28.8 Å². The summed E-state index contributed by atoms with van der Waals surface area (Å²) in [6.07, 6.45) is 2.40. The number of nitrogens with one attached hydrogen (secondary N) is 1. The lowest BCUT2D eigenvalue weighted by Crippen LogP contribution is -2.40. The minimum atomic E-state index is 0.585. The smallest absolute Gasteiger partial charge is 0.124 e. The van der Waals surface area contributed by atoms with Gasteiger partial charge >= 0.3 is 0 Å². The van der Waals surface area contributed by atoms with E-state index in [2.05, 4.69) is 17.3 Å². The number of methoxy groups -OCH3 is 1. The Bertz CT molecular complexity index is 389. The third-order valence-electron chi connectivity index (χ3n) is 3.58. The van der Waals surface area contributed by atoms with Crippen LogP contribution >= 0.6 is 11.6 Å². The minimum absolute atomic E-state index is 0.585. The average Bonchev–Trinajstić information content (AvgIpc) is 2.39. The SMILES string of the molecule is COc1cccc(Cl)c1CNC1CCN(C)CC1. The van der Waals surface area contributed by atoms with Crippen molar-refractivity contribution in [3.8, 4) is 5.75 Å². The van der Waals surface area contributed by atoms with Gasteiger partial charge in [-0.2, -0.15) is 0 Å². The molecular formula is C14H21ClN2O. The highest BCUT2D eigenvalue weighted by atomic mass is 35.5. The van der Waals surface area contributed by atoms with E-state index in [4.69, 9.17) is 16.3 Å². The summed E-state index contributed by atoms with van der Waals surface area (Å²) in [5.74, 6) is 0.864. The summed E-state index contributed by atoms with van der Waals surface area (Å²) in [5, 5.41) is 4.36. The maximum Gasteiger partial charge on any atom is 0.124 e. The van der Waals surface area contributed by atoms with Crippen molar-refractivity contribution in [2.45, 2.75) is 25.4 Å². The Kier molecular flexibility index (Phi) is 4.87. The lowest BCUT2D eigenvalue weighted by atomic mass is 10.0. The molecule has 1 heterocycles. The van der Waals surface area contributed by atoms with Crippen LogP contribution in [0.1, 0.15) is 18.4 Å². The van der Waals surface area contributed by atoms with E-state index in [-0.39, 0.29) is 0 Å². The van der Waals surface area contributed by atoms with E-state index in [1.54, 1.807) is 7.11 Å². The van der Waals surface area contributed by atoms with Gasteiger partial charge in [0.1, 0.15) is 5.75 Å². The van der Waals surface area contributed by atoms with E-state index >= 15 is 0 Å². The first kappa shape index (κ1) is 13.7. The Morgan fingerprint density at radius 1 is 1.39 bits per heavy atom. The fraction of sp³-hybridized carbons (Fsp3) is 0.571. The van der Waals surface area contributed by atoms with Crippen molar-refractivity contribution in [2.24, 2.45) is 0 Å². The number of rotatable bonds is 4. The van der Waals surface area contributed by atoms with Gasteiger partial charge in [-0.15, -0.1) is 0 Å². The predicted octanol–water partition coefficient (Wildman–Crippen LogP) is 2.53. The second kappa shape index (κ2) is 6.41. The maximum atomic E-state index is 6.22. The number of piperidine rings is 1. The molecule has 0 unspecified atom stereocenters. The third-order valence-corrected chi connectivity index (χ3v) is 3.94. The van der Waals surface area contributed by atoms with Crippen LogP contribution in [-0.4, -0.2) is 38.2 Å².